The molecule has 35 heavy (non-hydrogen) atoms. The summed E-state index contributed by atoms with van der Waals surface area (Å²) in [5, 5.41) is 26.3. The summed E-state index contributed by atoms with van der Waals surface area (Å²) < 4.78 is 5.76. The summed E-state index contributed by atoms with van der Waals surface area (Å²) in [7, 11) is 0. The van der Waals surface area contributed by atoms with E-state index in [9.17, 15) is 20.1 Å². The minimum atomic E-state index is -0.646. The third-order valence-corrected chi connectivity index (χ3v) is 6.54. The first-order chi connectivity index (χ1) is 17.0. The zero-order valence-electron chi connectivity index (χ0n) is 20.0. The average molecular weight is 475 g/mol. The number of furan rings is 1. The molecule has 2 aliphatic rings. The molecular weight excluding hydrogens is 444 g/mol. The number of amides is 2. The molecule has 0 saturated carbocycles. The standard InChI is InChI=1S/C26H30N6O3/c1-2-21-14-18-13-20(8-9-23(18)35-21)29-25(19(15-27)16-28)30-22-7-3-4-12-32(26(22)34)17-24(33)31-10-5-6-11-31/h8-9,13-14,22,29-30H,2-7,10-12,17H2,1H3/t22-/m0/s1. The van der Waals surface area contributed by atoms with Gasteiger partial charge in [0.1, 0.15) is 35.3 Å². The molecule has 9 nitrogen and oxygen atoms in total. The molecular formula is C26H30N6O3. The Balaban J connectivity index is 1.53. The van der Waals surface area contributed by atoms with Crippen molar-refractivity contribution in [2.75, 3.05) is 31.5 Å². The van der Waals surface area contributed by atoms with Gasteiger partial charge in [-0.25, -0.2) is 0 Å². The van der Waals surface area contributed by atoms with Gasteiger partial charge in [-0.05, 0) is 56.4 Å². The summed E-state index contributed by atoms with van der Waals surface area (Å²) >= 11 is 0. The topological polar surface area (TPSA) is 125 Å². The number of nitrogens with one attached hydrogen (secondary N) is 2. The molecule has 182 valence electrons. The smallest absolute Gasteiger partial charge is 0.245 e. The number of likely N-dealkylation sites (tertiary alicyclic amines) is 2. The number of hydrogen-bond acceptors (Lipinski definition) is 7. The van der Waals surface area contributed by atoms with Gasteiger partial charge >= 0.3 is 0 Å². The summed E-state index contributed by atoms with van der Waals surface area (Å²) in [6, 6.07) is 10.6. The first kappa shape index (κ1) is 24.2. The number of allylic oxidation sites excluding steroid dienone is 1. The summed E-state index contributed by atoms with van der Waals surface area (Å²) in [6.07, 6.45) is 4.91. The van der Waals surface area contributed by atoms with Crippen molar-refractivity contribution in [1.82, 2.24) is 15.1 Å². The minimum absolute atomic E-state index is 0.0278. The van der Waals surface area contributed by atoms with Crippen LogP contribution in [0.15, 0.2) is 40.1 Å². The van der Waals surface area contributed by atoms with Gasteiger partial charge in [-0.3, -0.25) is 9.59 Å². The van der Waals surface area contributed by atoms with Crippen molar-refractivity contribution >= 4 is 28.5 Å². The van der Waals surface area contributed by atoms with Crippen LogP contribution in [0.1, 0.15) is 44.8 Å². The Bertz CT molecular complexity index is 1200. The van der Waals surface area contributed by atoms with Crippen molar-refractivity contribution in [1.29, 1.82) is 10.5 Å². The molecule has 2 amide bonds. The van der Waals surface area contributed by atoms with Crippen LogP contribution in [0.2, 0.25) is 0 Å². The Labute approximate surface area is 205 Å². The van der Waals surface area contributed by atoms with Crippen molar-refractivity contribution < 1.29 is 14.0 Å². The van der Waals surface area contributed by atoms with E-state index in [0.29, 0.717) is 18.7 Å². The van der Waals surface area contributed by atoms with Crippen LogP contribution in [0.25, 0.3) is 11.0 Å². The van der Waals surface area contributed by atoms with E-state index < -0.39 is 6.04 Å². The van der Waals surface area contributed by atoms with Gasteiger partial charge in [0.15, 0.2) is 5.57 Å². The Morgan fingerprint density at radius 1 is 1.11 bits per heavy atom. The number of fused-ring (bicyclic) bond motifs is 1. The molecule has 4 rings (SSSR count). The fraction of sp³-hybridized carbons (Fsp3) is 0.462. The Morgan fingerprint density at radius 2 is 1.86 bits per heavy atom. The second-order valence-corrected chi connectivity index (χ2v) is 8.96. The normalized spacial score (nSPS) is 18.0. The van der Waals surface area contributed by atoms with Gasteiger partial charge in [0.05, 0.1) is 6.54 Å². The number of nitrogens with zero attached hydrogens (tertiary/aromatic N) is 4. The van der Waals surface area contributed by atoms with Crippen LogP contribution in [0.4, 0.5) is 5.69 Å². The molecule has 9 heteroatoms. The summed E-state index contributed by atoms with van der Waals surface area (Å²) in [6.45, 7) is 4.08. The highest BCUT2D eigenvalue weighted by Gasteiger charge is 2.31. The second-order valence-electron chi connectivity index (χ2n) is 8.96. The molecule has 3 heterocycles. The van der Waals surface area contributed by atoms with Gasteiger partial charge in [-0.1, -0.05) is 6.92 Å². The molecule has 2 saturated heterocycles. The van der Waals surface area contributed by atoms with E-state index in [0.717, 1.165) is 61.9 Å². The van der Waals surface area contributed by atoms with Crippen LogP contribution < -0.4 is 10.6 Å². The third kappa shape index (κ3) is 5.58. The maximum Gasteiger partial charge on any atom is 0.245 e. The molecule has 2 aromatic rings. The van der Waals surface area contributed by atoms with E-state index in [1.807, 2.05) is 42.2 Å². The van der Waals surface area contributed by atoms with E-state index in [2.05, 4.69) is 10.6 Å². The molecule has 2 aliphatic heterocycles. The lowest BCUT2D eigenvalue weighted by atomic mass is 10.1. The van der Waals surface area contributed by atoms with E-state index in [1.165, 1.54) is 0 Å². The fourth-order valence-electron chi connectivity index (χ4n) is 4.60. The Hall–Kier alpha value is -3.98. The number of benzene rings is 1. The second kappa shape index (κ2) is 11.0. The van der Waals surface area contributed by atoms with Crippen LogP contribution in [-0.4, -0.2) is 53.8 Å². The molecule has 1 aromatic carbocycles. The molecule has 2 N–H and O–H groups in total. The van der Waals surface area contributed by atoms with Gasteiger partial charge in [0.25, 0.3) is 0 Å². The first-order valence-electron chi connectivity index (χ1n) is 12.2. The van der Waals surface area contributed by atoms with Crippen molar-refractivity contribution in [2.45, 2.75) is 51.5 Å². The van der Waals surface area contributed by atoms with E-state index in [-0.39, 0.29) is 29.8 Å². The molecule has 0 aliphatic carbocycles. The summed E-state index contributed by atoms with van der Waals surface area (Å²) in [5.41, 5.74) is 1.26. The van der Waals surface area contributed by atoms with Crippen LogP contribution in [-0.2, 0) is 16.0 Å². The summed E-state index contributed by atoms with van der Waals surface area (Å²) in [5.74, 6) is 0.829. The molecule has 0 unspecified atom stereocenters. The van der Waals surface area contributed by atoms with Crippen molar-refractivity contribution in [2.24, 2.45) is 0 Å². The SMILES string of the molecule is CCc1cc2cc(NC(N[C@H]3CCCCN(CC(=O)N4CCCC4)C3=O)=C(C#N)C#N)ccc2o1. The number of nitriles is 2. The molecule has 1 aromatic heterocycles. The monoisotopic (exact) mass is 474 g/mol. The highest BCUT2D eigenvalue weighted by molar-refractivity contribution is 5.88. The van der Waals surface area contributed by atoms with Gasteiger partial charge in [0, 0.05) is 37.1 Å². The number of hydrogen-bond donors (Lipinski definition) is 2. The zero-order chi connectivity index (χ0) is 24.8. The maximum atomic E-state index is 13.4. The maximum absolute atomic E-state index is 13.4. The fourth-order valence-corrected chi connectivity index (χ4v) is 4.60. The van der Waals surface area contributed by atoms with Crippen LogP contribution in [0.5, 0.6) is 0 Å². The minimum Gasteiger partial charge on any atom is -0.461 e. The average Bonchev–Trinajstić information content (AvgIpc) is 3.51. The Morgan fingerprint density at radius 3 is 2.57 bits per heavy atom. The Kier molecular flexibility index (Phi) is 7.57. The third-order valence-electron chi connectivity index (χ3n) is 6.54. The highest BCUT2D eigenvalue weighted by atomic mass is 16.3. The van der Waals surface area contributed by atoms with Crippen LogP contribution in [0, 0.1) is 22.7 Å². The lowest BCUT2D eigenvalue weighted by molar-refractivity contribution is -0.140. The van der Waals surface area contributed by atoms with Gasteiger partial charge in [-0.15, -0.1) is 0 Å². The highest BCUT2D eigenvalue weighted by Crippen LogP contribution is 2.25. The predicted octanol–water partition coefficient (Wildman–Crippen LogP) is 3.26. The lowest BCUT2D eigenvalue weighted by Crippen LogP contribution is -2.49. The van der Waals surface area contributed by atoms with Gasteiger partial charge in [0.2, 0.25) is 11.8 Å². The van der Waals surface area contributed by atoms with Crippen LogP contribution >= 0.6 is 0 Å². The van der Waals surface area contributed by atoms with Gasteiger partial charge in [-0.2, -0.15) is 10.5 Å². The van der Waals surface area contributed by atoms with E-state index in [1.54, 1.807) is 11.0 Å². The van der Waals surface area contributed by atoms with Crippen molar-refractivity contribution in [3.8, 4) is 12.1 Å². The zero-order valence-corrected chi connectivity index (χ0v) is 20.0. The van der Waals surface area contributed by atoms with E-state index >= 15 is 0 Å². The van der Waals surface area contributed by atoms with Crippen LogP contribution in [0.3, 0.4) is 0 Å². The molecule has 0 radical (unpaired) electrons. The number of rotatable bonds is 7. The molecule has 0 bridgehead atoms. The largest absolute Gasteiger partial charge is 0.461 e. The quantitative estimate of drug-likeness (QED) is 0.590. The number of aryl methyl sites for hydroxylation is 1. The van der Waals surface area contributed by atoms with E-state index in [4.69, 9.17) is 4.42 Å². The lowest BCUT2D eigenvalue weighted by Gasteiger charge is -2.27. The summed E-state index contributed by atoms with van der Waals surface area (Å²) in [4.78, 5) is 29.4. The van der Waals surface area contributed by atoms with Crippen molar-refractivity contribution in [3.63, 3.8) is 0 Å². The van der Waals surface area contributed by atoms with Gasteiger partial charge < -0.3 is 24.9 Å². The van der Waals surface area contributed by atoms with Crippen molar-refractivity contribution in [3.05, 3.63) is 41.4 Å². The first-order valence-corrected chi connectivity index (χ1v) is 12.2. The molecule has 2 fully saturated rings. The number of carbonyl (C=O) groups excluding carboxylic acids is 2. The number of anilines is 1. The number of carbonyl (C=O) groups is 2. The molecule has 0 spiro atoms. The predicted molar refractivity (Wildman–Crippen MR) is 131 cm³/mol. The molecule has 1 atom stereocenters.